The highest BCUT2D eigenvalue weighted by atomic mass is 16.6. The minimum Gasteiger partial charge on any atom is -0.444 e. The molecule has 0 aromatic heterocycles. The van der Waals surface area contributed by atoms with Crippen molar-refractivity contribution in [2.75, 3.05) is 33.7 Å². The number of rotatable bonds is 4. The van der Waals surface area contributed by atoms with Gasteiger partial charge in [-0.1, -0.05) is 12.8 Å². The van der Waals surface area contributed by atoms with Crippen LogP contribution in [-0.2, 0) is 9.53 Å². The number of likely N-dealkylation sites (tertiary alicyclic amines) is 1. The summed E-state index contributed by atoms with van der Waals surface area (Å²) in [7, 11) is 3.47. The van der Waals surface area contributed by atoms with Gasteiger partial charge in [0.05, 0.1) is 6.04 Å². The molecule has 1 saturated heterocycles. The smallest absolute Gasteiger partial charge is 0.407 e. The Morgan fingerprint density at radius 2 is 1.78 bits per heavy atom. The van der Waals surface area contributed by atoms with Crippen LogP contribution in [0.2, 0.25) is 0 Å². The van der Waals surface area contributed by atoms with Gasteiger partial charge in [0, 0.05) is 33.2 Å². The highest BCUT2D eigenvalue weighted by Crippen LogP contribution is 2.19. The second-order valence-corrected chi connectivity index (χ2v) is 8.63. The van der Waals surface area contributed by atoms with E-state index in [-0.39, 0.29) is 24.6 Å². The van der Waals surface area contributed by atoms with Gasteiger partial charge < -0.3 is 25.2 Å². The maximum absolute atomic E-state index is 12.0. The maximum atomic E-state index is 12.0. The van der Waals surface area contributed by atoms with E-state index in [1.165, 1.54) is 12.8 Å². The summed E-state index contributed by atoms with van der Waals surface area (Å²) in [6, 6.07) is 0.427. The molecule has 1 saturated carbocycles. The molecule has 1 atom stereocenters. The van der Waals surface area contributed by atoms with Crippen LogP contribution in [0.25, 0.3) is 0 Å². The third-order valence-corrected chi connectivity index (χ3v) is 4.76. The second-order valence-electron chi connectivity index (χ2n) is 8.63. The SMILES string of the molecule is CN(C)C(=O)CN=C(NC1CCCC1)N1CCC(NC(=O)OC(C)(C)C)C1. The van der Waals surface area contributed by atoms with Crippen LogP contribution in [0.4, 0.5) is 4.79 Å². The quantitative estimate of drug-likeness (QED) is 0.570. The van der Waals surface area contributed by atoms with E-state index in [0.717, 1.165) is 31.8 Å². The topological polar surface area (TPSA) is 86.3 Å². The van der Waals surface area contributed by atoms with Crippen molar-refractivity contribution in [2.45, 2.75) is 70.6 Å². The van der Waals surface area contributed by atoms with Gasteiger partial charge in [-0.25, -0.2) is 9.79 Å². The Kier molecular flexibility index (Phi) is 7.33. The zero-order valence-electron chi connectivity index (χ0n) is 17.4. The van der Waals surface area contributed by atoms with Gasteiger partial charge in [0.2, 0.25) is 5.91 Å². The summed E-state index contributed by atoms with van der Waals surface area (Å²) in [6.45, 7) is 7.13. The number of ether oxygens (including phenoxy) is 1. The van der Waals surface area contributed by atoms with Gasteiger partial charge >= 0.3 is 6.09 Å². The van der Waals surface area contributed by atoms with Crippen molar-refractivity contribution < 1.29 is 14.3 Å². The summed E-state index contributed by atoms with van der Waals surface area (Å²) in [6.07, 6.45) is 5.16. The van der Waals surface area contributed by atoms with Crippen LogP contribution in [-0.4, -0.2) is 79.2 Å². The molecule has 1 aliphatic carbocycles. The molecule has 1 heterocycles. The molecule has 1 unspecified atom stereocenters. The van der Waals surface area contributed by atoms with Gasteiger partial charge in [0.15, 0.2) is 5.96 Å². The molecule has 8 nitrogen and oxygen atoms in total. The fraction of sp³-hybridized carbons (Fsp3) is 0.842. The van der Waals surface area contributed by atoms with Crippen LogP contribution in [0, 0.1) is 0 Å². The zero-order chi connectivity index (χ0) is 20.0. The van der Waals surface area contributed by atoms with Crippen molar-refractivity contribution in [2.24, 2.45) is 4.99 Å². The summed E-state index contributed by atoms with van der Waals surface area (Å²) in [4.78, 5) is 32.2. The van der Waals surface area contributed by atoms with Gasteiger partial charge in [0.25, 0.3) is 0 Å². The minimum atomic E-state index is -0.508. The third-order valence-electron chi connectivity index (χ3n) is 4.76. The van der Waals surface area contributed by atoms with Gasteiger partial charge in [-0.15, -0.1) is 0 Å². The highest BCUT2D eigenvalue weighted by molar-refractivity contribution is 5.85. The van der Waals surface area contributed by atoms with Gasteiger partial charge in [-0.2, -0.15) is 0 Å². The van der Waals surface area contributed by atoms with Crippen LogP contribution in [0.1, 0.15) is 52.9 Å². The number of likely N-dealkylation sites (N-methyl/N-ethyl adjacent to an activating group) is 1. The van der Waals surface area contributed by atoms with Crippen LogP contribution in [0.15, 0.2) is 4.99 Å². The first-order valence-corrected chi connectivity index (χ1v) is 9.89. The molecule has 0 radical (unpaired) electrons. The predicted molar refractivity (Wildman–Crippen MR) is 106 cm³/mol. The van der Waals surface area contributed by atoms with Gasteiger partial charge in [-0.05, 0) is 40.0 Å². The Hall–Kier alpha value is -1.99. The minimum absolute atomic E-state index is 0.0139. The van der Waals surface area contributed by atoms with E-state index in [1.807, 2.05) is 20.8 Å². The lowest BCUT2D eigenvalue weighted by Crippen LogP contribution is -2.47. The third kappa shape index (κ3) is 7.27. The lowest BCUT2D eigenvalue weighted by molar-refractivity contribution is -0.127. The number of aliphatic imine (C=N–C) groups is 1. The molecule has 8 heteroatoms. The van der Waals surface area contributed by atoms with Crippen molar-refractivity contribution in [1.82, 2.24) is 20.4 Å². The molecule has 2 fully saturated rings. The average Bonchev–Trinajstić information content (AvgIpc) is 3.20. The van der Waals surface area contributed by atoms with Crippen molar-refractivity contribution in [3.05, 3.63) is 0 Å². The number of carbonyl (C=O) groups is 2. The highest BCUT2D eigenvalue weighted by Gasteiger charge is 2.29. The Balaban J connectivity index is 1.95. The Morgan fingerprint density at radius 3 is 2.37 bits per heavy atom. The van der Waals surface area contributed by atoms with Crippen LogP contribution < -0.4 is 10.6 Å². The molecule has 0 aromatic carbocycles. The van der Waals surface area contributed by atoms with E-state index < -0.39 is 5.60 Å². The molecule has 1 aliphatic heterocycles. The van der Waals surface area contributed by atoms with Crippen molar-refractivity contribution in [1.29, 1.82) is 0 Å². The Labute approximate surface area is 162 Å². The lowest BCUT2D eigenvalue weighted by atomic mass is 10.2. The van der Waals surface area contributed by atoms with E-state index in [2.05, 4.69) is 20.5 Å². The molecule has 0 spiro atoms. The predicted octanol–water partition coefficient (Wildman–Crippen LogP) is 1.56. The number of amides is 2. The van der Waals surface area contributed by atoms with Gasteiger partial charge in [0.1, 0.15) is 12.1 Å². The summed E-state index contributed by atoms with van der Waals surface area (Å²) in [5.41, 5.74) is -0.508. The average molecular weight is 382 g/mol. The van der Waals surface area contributed by atoms with Crippen LogP contribution in [0.3, 0.4) is 0 Å². The maximum Gasteiger partial charge on any atom is 0.407 e. The molecule has 2 rings (SSSR count). The summed E-state index contributed by atoms with van der Waals surface area (Å²) in [5.74, 6) is 0.744. The molecular formula is C19H35N5O3. The normalized spacial score (nSPS) is 21.3. The molecule has 0 aromatic rings. The molecule has 27 heavy (non-hydrogen) atoms. The number of nitrogens with one attached hydrogen (secondary N) is 2. The number of alkyl carbamates (subject to hydrolysis) is 1. The first-order chi connectivity index (χ1) is 12.6. The molecule has 2 aliphatic rings. The number of guanidine groups is 1. The number of carbonyl (C=O) groups excluding carboxylic acids is 2. The van der Waals surface area contributed by atoms with Crippen LogP contribution >= 0.6 is 0 Å². The summed E-state index contributed by atoms with van der Waals surface area (Å²) >= 11 is 0. The second kappa shape index (κ2) is 9.28. The van der Waals surface area contributed by atoms with Gasteiger partial charge in [-0.3, -0.25) is 4.79 Å². The van der Waals surface area contributed by atoms with Crippen molar-refractivity contribution in [3.8, 4) is 0 Å². The van der Waals surface area contributed by atoms with E-state index in [9.17, 15) is 9.59 Å². The first-order valence-electron chi connectivity index (χ1n) is 9.89. The van der Waals surface area contributed by atoms with E-state index in [0.29, 0.717) is 12.6 Å². The number of hydrogen-bond acceptors (Lipinski definition) is 4. The zero-order valence-corrected chi connectivity index (χ0v) is 17.4. The monoisotopic (exact) mass is 381 g/mol. The Morgan fingerprint density at radius 1 is 1.11 bits per heavy atom. The molecule has 154 valence electrons. The van der Waals surface area contributed by atoms with E-state index >= 15 is 0 Å². The largest absolute Gasteiger partial charge is 0.444 e. The summed E-state index contributed by atoms with van der Waals surface area (Å²) < 4.78 is 5.34. The Bertz CT molecular complexity index is 550. The molecule has 2 N–H and O–H groups in total. The standard InChI is InChI=1S/C19H35N5O3/c1-19(2,3)27-18(26)22-15-10-11-24(13-15)17(20-12-16(25)23(4)5)21-14-8-6-7-9-14/h14-15H,6-13H2,1-5H3,(H,20,21)(H,22,26). The number of hydrogen-bond donors (Lipinski definition) is 2. The number of nitrogens with zero attached hydrogens (tertiary/aromatic N) is 3. The van der Waals surface area contributed by atoms with E-state index in [4.69, 9.17) is 4.74 Å². The van der Waals surface area contributed by atoms with Crippen LogP contribution in [0.5, 0.6) is 0 Å². The molecule has 0 bridgehead atoms. The lowest BCUT2D eigenvalue weighted by Gasteiger charge is -2.26. The first kappa shape index (κ1) is 21.3. The van der Waals surface area contributed by atoms with Crippen molar-refractivity contribution in [3.63, 3.8) is 0 Å². The fourth-order valence-corrected chi connectivity index (χ4v) is 3.32. The summed E-state index contributed by atoms with van der Waals surface area (Å²) in [5, 5.41) is 6.46. The van der Waals surface area contributed by atoms with Crippen molar-refractivity contribution >= 4 is 18.0 Å². The fourth-order valence-electron chi connectivity index (χ4n) is 3.32. The molecule has 2 amide bonds. The van der Waals surface area contributed by atoms with E-state index in [1.54, 1.807) is 19.0 Å². The molecular weight excluding hydrogens is 346 g/mol.